The molecule has 6 nitrogen and oxygen atoms in total. The van der Waals surface area contributed by atoms with E-state index in [4.69, 9.17) is 5.73 Å². The third-order valence-corrected chi connectivity index (χ3v) is 3.03. The molecule has 1 aromatic carbocycles. The fourth-order valence-corrected chi connectivity index (χ4v) is 1.79. The standard InChI is InChI=1S/C10H10N2O4S/c1-17(15,16)9-5-4-8(3-2-6-11)10(7-9)12(13)14/h4-5,7H,6,11H2,1H3. The normalized spacial score (nSPS) is 10.5. The van der Waals surface area contributed by atoms with Gasteiger partial charge in [0.05, 0.1) is 16.4 Å². The maximum Gasteiger partial charge on any atom is 0.286 e. The molecule has 1 rings (SSSR count). The molecule has 7 heteroatoms. The predicted octanol–water partition coefficient (Wildman–Crippen LogP) is 0.309. The Bertz CT molecular complexity index is 611. The van der Waals surface area contributed by atoms with Gasteiger partial charge in [-0.2, -0.15) is 0 Å². The minimum Gasteiger partial charge on any atom is -0.320 e. The highest BCUT2D eigenvalue weighted by Crippen LogP contribution is 2.22. The summed E-state index contributed by atoms with van der Waals surface area (Å²) < 4.78 is 22.5. The van der Waals surface area contributed by atoms with Crippen LogP contribution >= 0.6 is 0 Å². The van der Waals surface area contributed by atoms with Gasteiger partial charge in [-0.15, -0.1) is 0 Å². The van der Waals surface area contributed by atoms with E-state index in [0.717, 1.165) is 12.3 Å². The summed E-state index contributed by atoms with van der Waals surface area (Å²) in [6.45, 7) is 0.0744. The monoisotopic (exact) mass is 254 g/mol. The molecule has 2 N–H and O–H groups in total. The van der Waals surface area contributed by atoms with E-state index < -0.39 is 14.8 Å². The fourth-order valence-electron chi connectivity index (χ4n) is 1.15. The van der Waals surface area contributed by atoms with Crippen molar-refractivity contribution in [2.24, 2.45) is 5.73 Å². The molecule has 0 heterocycles. The molecule has 0 fully saturated rings. The second-order valence-corrected chi connectivity index (χ2v) is 5.23. The van der Waals surface area contributed by atoms with Crippen LogP contribution in [0.1, 0.15) is 5.56 Å². The van der Waals surface area contributed by atoms with Gasteiger partial charge < -0.3 is 5.73 Å². The van der Waals surface area contributed by atoms with Crippen molar-refractivity contribution >= 4 is 15.5 Å². The summed E-state index contributed by atoms with van der Waals surface area (Å²) in [5.74, 6) is 5.00. The van der Waals surface area contributed by atoms with Crippen LogP contribution in [0.25, 0.3) is 0 Å². The van der Waals surface area contributed by atoms with Crippen LogP contribution in [0.4, 0.5) is 5.69 Å². The molecule has 0 aliphatic carbocycles. The summed E-state index contributed by atoms with van der Waals surface area (Å²) in [4.78, 5) is 10.00. The van der Waals surface area contributed by atoms with Gasteiger partial charge in [0.15, 0.2) is 9.84 Å². The van der Waals surface area contributed by atoms with Gasteiger partial charge in [-0.05, 0) is 12.1 Å². The fraction of sp³-hybridized carbons (Fsp3) is 0.200. The molecule has 0 atom stereocenters. The maximum absolute atomic E-state index is 11.3. The van der Waals surface area contributed by atoms with Crippen molar-refractivity contribution in [3.8, 4) is 11.8 Å². The molecule has 0 saturated carbocycles. The van der Waals surface area contributed by atoms with Crippen molar-refractivity contribution in [3.63, 3.8) is 0 Å². The highest BCUT2D eigenvalue weighted by atomic mass is 32.2. The number of nitro groups is 1. The Morgan fingerprint density at radius 2 is 2.12 bits per heavy atom. The molecular formula is C10H10N2O4S. The molecule has 0 bridgehead atoms. The number of benzene rings is 1. The summed E-state index contributed by atoms with van der Waals surface area (Å²) in [5.41, 5.74) is 4.97. The summed E-state index contributed by atoms with van der Waals surface area (Å²) in [5, 5.41) is 10.8. The van der Waals surface area contributed by atoms with Crippen molar-refractivity contribution < 1.29 is 13.3 Å². The van der Waals surface area contributed by atoms with E-state index in [2.05, 4.69) is 11.8 Å². The van der Waals surface area contributed by atoms with Crippen LogP contribution in [0.15, 0.2) is 23.1 Å². The van der Waals surface area contributed by atoms with E-state index >= 15 is 0 Å². The molecule has 0 aromatic heterocycles. The van der Waals surface area contributed by atoms with Gasteiger partial charge in [0.25, 0.3) is 5.69 Å². The number of nitrogens with zero attached hydrogens (tertiary/aromatic N) is 1. The van der Waals surface area contributed by atoms with Crippen LogP contribution in [-0.4, -0.2) is 26.1 Å². The van der Waals surface area contributed by atoms with E-state index in [-0.39, 0.29) is 22.7 Å². The summed E-state index contributed by atoms with van der Waals surface area (Å²) in [7, 11) is -3.47. The summed E-state index contributed by atoms with van der Waals surface area (Å²) in [6, 6.07) is 3.58. The number of hydrogen-bond donors (Lipinski definition) is 1. The summed E-state index contributed by atoms with van der Waals surface area (Å²) >= 11 is 0. The van der Waals surface area contributed by atoms with Gasteiger partial charge in [-0.25, -0.2) is 8.42 Å². The molecule has 1 aromatic rings. The first-order chi connectivity index (χ1) is 7.86. The second kappa shape index (κ2) is 4.95. The Morgan fingerprint density at radius 1 is 1.47 bits per heavy atom. The summed E-state index contributed by atoms with van der Waals surface area (Å²) in [6.07, 6.45) is 0.983. The van der Waals surface area contributed by atoms with Crippen molar-refractivity contribution in [2.75, 3.05) is 12.8 Å². The van der Waals surface area contributed by atoms with Gasteiger partial charge in [-0.3, -0.25) is 10.1 Å². The largest absolute Gasteiger partial charge is 0.320 e. The topological polar surface area (TPSA) is 103 Å². The zero-order chi connectivity index (χ0) is 13.1. The van der Waals surface area contributed by atoms with Crippen LogP contribution in [0.5, 0.6) is 0 Å². The minimum atomic E-state index is -3.47. The SMILES string of the molecule is CS(=O)(=O)c1ccc(C#CCN)c([N+](=O)[O-])c1. The van der Waals surface area contributed by atoms with E-state index in [1.54, 1.807) is 0 Å². The highest BCUT2D eigenvalue weighted by Gasteiger charge is 2.17. The minimum absolute atomic E-state index is 0.0744. The zero-order valence-corrected chi connectivity index (χ0v) is 9.82. The second-order valence-electron chi connectivity index (χ2n) is 3.21. The molecule has 17 heavy (non-hydrogen) atoms. The molecule has 0 spiro atoms. The lowest BCUT2D eigenvalue weighted by Gasteiger charge is -2.00. The maximum atomic E-state index is 11.3. The first-order valence-corrected chi connectivity index (χ1v) is 6.43. The molecule has 0 amide bonds. The highest BCUT2D eigenvalue weighted by molar-refractivity contribution is 7.90. The third-order valence-electron chi connectivity index (χ3n) is 1.92. The van der Waals surface area contributed by atoms with Crippen LogP contribution in [0.2, 0.25) is 0 Å². The van der Waals surface area contributed by atoms with Crippen molar-refractivity contribution in [3.05, 3.63) is 33.9 Å². The first kappa shape index (κ1) is 13.2. The van der Waals surface area contributed by atoms with Gasteiger partial charge >= 0.3 is 0 Å². The lowest BCUT2D eigenvalue weighted by molar-refractivity contribution is -0.385. The van der Waals surface area contributed by atoms with Gasteiger partial charge in [0, 0.05) is 12.3 Å². The number of nitrogens with two attached hydrogens (primary N) is 1. The molecule has 0 radical (unpaired) electrons. The van der Waals surface area contributed by atoms with Crippen molar-refractivity contribution in [1.29, 1.82) is 0 Å². The van der Waals surface area contributed by atoms with Crippen LogP contribution < -0.4 is 5.73 Å². The van der Waals surface area contributed by atoms with Crippen LogP contribution in [0.3, 0.4) is 0 Å². The molecule has 90 valence electrons. The number of sulfone groups is 1. The lowest BCUT2D eigenvalue weighted by Crippen LogP contribution is -2.00. The molecule has 0 aliphatic rings. The predicted molar refractivity (Wildman–Crippen MR) is 62.1 cm³/mol. The average molecular weight is 254 g/mol. The van der Waals surface area contributed by atoms with E-state index in [1.807, 2.05) is 0 Å². The molecular weight excluding hydrogens is 244 g/mol. The first-order valence-electron chi connectivity index (χ1n) is 4.53. The lowest BCUT2D eigenvalue weighted by atomic mass is 10.2. The number of hydrogen-bond acceptors (Lipinski definition) is 5. The van der Waals surface area contributed by atoms with E-state index in [1.165, 1.54) is 12.1 Å². The third kappa shape index (κ3) is 3.27. The molecule has 0 aliphatic heterocycles. The Labute approximate surface area is 98.5 Å². The Hall–Kier alpha value is -1.91. The van der Waals surface area contributed by atoms with Crippen molar-refractivity contribution in [2.45, 2.75) is 4.90 Å². The molecule has 0 unspecified atom stereocenters. The number of rotatable bonds is 2. The average Bonchev–Trinajstić information content (AvgIpc) is 2.24. The van der Waals surface area contributed by atoms with E-state index in [0.29, 0.717) is 0 Å². The van der Waals surface area contributed by atoms with Crippen LogP contribution in [0, 0.1) is 22.0 Å². The Kier molecular flexibility index (Phi) is 3.83. The van der Waals surface area contributed by atoms with Gasteiger partial charge in [0.2, 0.25) is 0 Å². The smallest absolute Gasteiger partial charge is 0.286 e. The van der Waals surface area contributed by atoms with Crippen LogP contribution in [-0.2, 0) is 9.84 Å². The Morgan fingerprint density at radius 3 is 2.59 bits per heavy atom. The molecule has 0 saturated heterocycles. The van der Waals surface area contributed by atoms with Crippen molar-refractivity contribution in [1.82, 2.24) is 0 Å². The zero-order valence-electron chi connectivity index (χ0n) is 9.00. The Balaban J connectivity index is 3.43. The number of nitro benzene ring substituents is 1. The quantitative estimate of drug-likeness (QED) is 0.464. The van der Waals surface area contributed by atoms with Gasteiger partial charge in [0.1, 0.15) is 5.56 Å². The van der Waals surface area contributed by atoms with E-state index in [9.17, 15) is 18.5 Å². The van der Waals surface area contributed by atoms with Gasteiger partial charge in [-0.1, -0.05) is 11.8 Å².